The lowest BCUT2D eigenvalue weighted by Crippen LogP contribution is -2.07. The first-order valence-corrected chi connectivity index (χ1v) is 11.2. The van der Waals surface area contributed by atoms with Crippen LogP contribution in [0, 0.1) is 6.92 Å². The van der Waals surface area contributed by atoms with Gasteiger partial charge in [-0.2, -0.15) is 0 Å². The van der Waals surface area contributed by atoms with E-state index in [-0.39, 0.29) is 5.91 Å². The summed E-state index contributed by atoms with van der Waals surface area (Å²) in [5.41, 5.74) is 3.86. The molecule has 172 valence electrons. The number of aryl methyl sites for hydroxylation is 1. The van der Waals surface area contributed by atoms with Gasteiger partial charge in [-0.1, -0.05) is 43.7 Å². The van der Waals surface area contributed by atoms with Crippen LogP contribution in [0.4, 0.5) is 5.69 Å². The first kappa shape index (κ1) is 23.9. The molecule has 0 spiro atoms. The van der Waals surface area contributed by atoms with Gasteiger partial charge < -0.3 is 19.5 Å². The molecule has 33 heavy (non-hydrogen) atoms. The summed E-state index contributed by atoms with van der Waals surface area (Å²) < 4.78 is 17.1. The van der Waals surface area contributed by atoms with Crippen LogP contribution in [0.1, 0.15) is 36.5 Å². The van der Waals surface area contributed by atoms with Crippen molar-refractivity contribution in [3.63, 3.8) is 0 Å². The second-order valence-corrected chi connectivity index (χ2v) is 7.67. The van der Waals surface area contributed by atoms with E-state index in [1.54, 1.807) is 13.2 Å². The summed E-state index contributed by atoms with van der Waals surface area (Å²) in [5.74, 6) is 1.86. The normalized spacial score (nSPS) is 10.8. The van der Waals surface area contributed by atoms with E-state index in [2.05, 4.69) is 25.2 Å². The van der Waals surface area contributed by atoms with E-state index >= 15 is 0 Å². The Morgan fingerprint density at radius 1 is 0.970 bits per heavy atom. The van der Waals surface area contributed by atoms with Gasteiger partial charge in [0.2, 0.25) is 5.91 Å². The molecule has 0 unspecified atom stereocenters. The van der Waals surface area contributed by atoms with Gasteiger partial charge in [-0.15, -0.1) is 0 Å². The van der Waals surface area contributed by atoms with Crippen molar-refractivity contribution in [3.8, 4) is 17.2 Å². The Morgan fingerprint density at radius 2 is 1.76 bits per heavy atom. The number of hydrogen-bond acceptors (Lipinski definition) is 4. The summed E-state index contributed by atoms with van der Waals surface area (Å²) in [6, 6.07) is 21.1. The molecule has 0 aliphatic rings. The molecule has 0 aliphatic carbocycles. The summed E-state index contributed by atoms with van der Waals surface area (Å²) in [4.78, 5) is 12.3. The van der Waals surface area contributed by atoms with Gasteiger partial charge >= 0.3 is 0 Å². The summed E-state index contributed by atoms with van der Waals surface area (Å²) >= 11 is 0. The molecule has 0 fully saturated rings. The van der Waals surface area contributed by atoms with Gasteiger partial charge in [-0.3, -0.25) is 4.79 Å². The summed E-state index contributed by atoms with van der Waals surface area (Å²) in [6.07, 6.45) is 5.35. The molecule has 1 N–H and O–H groups in total. The molecule has 0 aliphatic heterocycles. The van der Waals surface area contributed by atoms with Crippen molar-refractivity contribution in [2.75, 3.05) is 19.0 Å². The van der Waals surface area contributed by atoms with Crippen molar-refractivity contribution in [3.05, 3.63) is 89.5 Å². The van der Waals surface area contributed by atoms with Crippen molar-refractivity contribution in [2.24, 2.45) is 0 Å². The van der Waals surface area contributed by atoms with Crippen LogP contribution in [-0.2, 0) is 11.4 Å². The zero-order valence-corrected chi connectivity index (χ0v) is 19.5. The fourth-order valence-electron chi connectivity index (χ4n) is 3.16. The number of rotatable bonds is 11. The minimum atomic E-state index is -0.214. The lowest BCUT2D eigenvalue weighted by Gasteiger charge is -2.12. The highest BCUT2D eigenvalue weighted by atomic mass is 16.5. The Hall–Kier alpha value is -3.73. The molecule has 0 atom stereocenters. The highest BCUT2D eigenvalue weighted by Crippen LogP contribution is 2.29. The summed E-state index contributed by atoms with van der Waals surface area (Å²) in [5, 5.41) is 2.85. The van der Waals surface area contributed by atoms with Crippen LogP contribution >= 0.6 is 0 Å². The first-order chi connectivity index (χ1) is 16.1. The number of amides is 1. The molecule has 0 bridgehead atoms. The van der Waals surface area contributed by atoms with E-state index < -0.39 is 0 Å². The smallest absolute Gasteiger partial charge is 0.248 e. The monoisotopic (exact) mass is 445 g/mol. The third-order valence-electron chi connectivity index (χ3n) is 5.15. The van der Waals surface area contributed by atoms with E-state index in [1.807, 2.05) is 60.7 Å². The largest absolute Gasteiger partial charge is 0.494 e. The average Bonchev–Trinajstić information content (AvgIpc) is 2.83. The summed E-state index contributed by atoms with van der Waals surface area (Å²) in [6.45, 7) is 5.35. The Bertz CT molecular complexity index is 1070. The number of carbonyl (C=O) groups is 1. The number of ether oxygens (including phenoxy) is 3. The van der Waals surface area contributed by atoms with Gasteiger partial charge in [0.25, 0.3) is 0 Å². The fourth-order valence-corrected chi connectivity index (χ4v) is 3.16. The molecular weight excluding hydrogens is 414 g/mol. The number of anilines is 1. The van der Waals surface area contributed by atoms with Gasteiger partial charge in [0, 0.05) is 11.8 Å². The topological polar surface area (TPSA) is 56.8 Å². The van der Waals surface area contributed by atoms with Crippen molar-refractivity contribution >= 4 is 17.7 Å². The second-order valence-electron chi connectivity index (χ2n) is 7.67. The molecule has 0 saturated carbocycles. The molecule has 5 nitrogen and oxygen atoms in total. The van der Waals surface area contributed by atoms with E-state index in [0.29, 0.717) is 30.4 Å². The average molecular weight is 446 g/mol. The van der Waals surface area contributed by atoms with Crippen molar-refractivity contribution in [1.82, 2.24) is 0 Å². The van der Waals surface area contributed by atoms with Crippen LogP contribution < -0.4 is 19.5 Å². The predicted octanol–water partition coefficient (Wildman–Crippen LogP) is 6.41. The highest BCUT2D eigenvalue weighted by Gasteiger charge is 2.07. The number of carbonyl (C=O) groups excluding carboxylic acids is 1. The maximum atomic E-state index is 12.3. The molecule has 0 aromatic heterocycles. The van der Waals surface area contributed by atoms with Crippen LogP contribution in [0.15, 0.2) is 72.8 Å². The number of methoxy groups -OCH3 is 1. The number of hydrogen-bond donors (Lipinski definition) is 1. The minimum absolute atomic E-state index is 0.214. The van der Waals surface area contributed by atoms with Crippen LogP contribution in [0.2, 0.25) is 0 Å². The molecule has 1 amide bonds. The Morgan fingerprint density at radius 3 is 2.48 bits per heavy atom. The second kappa shape index (κ2) is 12.3. The molecule has 0 heterocycles. The number of benzene rings is 3. The van der Waals surface area contributed by atoms with Gasteiger partial charge in [-0.25, -0.2) is 0 Å². The van der Waals surface area contributed by atoms with Crippen molar-refractivity contribution < 1.29 is 19.0 Å². The zero-order chi connectivity index (χ0) is 23.5. The van der Waals surface area contributed by atoms with E-state index in [0.717, 1.165) is 29.7 Å². The Balaban J connectivity index is 1.56. The van der Waals surface area contributed by atoms with E-state index in [4.69, 9.17) is 14.2 Å². The van der Waals surface area contributed by atoms with Gasteiger partial charge in [0.05, 0.1) is 13.7 Å². The predicted molar refractivity (Wildman–Crippen MR) is 133 cm³/mol. The number of nitrogens with one attached hydrogen (secondary N) is 1. The standard InChI is InChI=1S/C28H31NO4/c1-4-5-18-32-25-14-12-24(13-15-25)29-28(30)17-11-22-10-16-26(27(19-22)31-3)33-20-23-9-7-6-8-21(23)2/h6-17,19H,4-5,18,20H2,1-3H3,(H,29,30)/b17-11+. The maximum Gasteiger partial charge on any atom is 0.248 e. The Labute approximate surface area is 196 Å². The maximum absolute atomic E-state index is 12.3. The molecule has 0 saturated heterocycles. The SMILES string of the molecule is CCCCOc1ccc(NC(=O)/C=C/c2ccc(OCc3ccccc3C)c(OC)c2)cc1. The van der Waals surface area contributed by atoms with Crippen molar-refractivity contribution in [1.29, 1.82) is 0 Å². The number of unbranched alkanes of at least 4 members (excludes halogenated alkanes) is 1. The summed E-state index contributed by atoms with van der Waals surface area (Å²) in [7, 11) is 1.60. The molecule has 0 radical (unpaired) electrons. The van der Waals surface area contributed by atoms with Crippen LogP contribution in [-0.4, -0.2) is 19.6 Å². The van der Waals surface area contributed by atoms with Crippen LogP contribution in [0.5, 0.6) is 17.2 Å². The molecule has 3 aromatic carbocycles. The van der Waals surface area contributed by atoms with E-state index in [9.17, 15) is 4.79 Å². The molecule has 5 heteroatoms. The fraction of sp³-hybridized carbons (Fsp3) is 0.250. The molecule has 3 rings (SSSR count). The third kappa shape index (κ3) is 7.42. The van der Waals surface area contributed by atoms with Crippen LogP contribution in [0.3, 0.4) is 0 Å². The Kier molecular flexibility index (Phi) is 8.95. The molecule has 3 aromatic rings. The zero-order valence-electron chi connectivity index (χ0n) is 19.5. The van der Waals surface area contributed by atoms with Crippen molar-refractivity contribution in [2.45, 2.75) is 33.3 Å². The third-order valence-corrected chi connectivity index (χ3v) is 5.15. The van der Waals surface area contributed by atoms with Gasteiger partial charge in [0.1, 0.15) is 12.4 Å². The quantitative estimate of drug-likeness (QED) is 0.274. The van der Waals surface area contributed by atoms with Crippen LogP contribution in [0.25, 0.3) is 6.08 Å². The minimum Gasteiger partial charge on any atom is -0.494 e. The lowest BCUT2D eigenvalue weighted by atomic mass is 10.1. The van der Waals surface area contributed by atoms with E-state index in [1.165, 1.54) is 11.6 Å². The first-order valence-electron chi connectivity index (χ1n) is 11.2. The van der Waals surface area contributed by atoms with Gasteiger partial charge in [-0.05, 0) is 72.5 Å². The van der Waals surface area contributed by atoms with Gasteiger partial charge in [0.15, 0.2) is 11.5 Å². The lowest BCUT2D eigenvalue weighted by molar-refractivity contribution is -0.111. The highest BCUT2D eigenvalue weighted by molar-refractivity contribution is 6.02. The molecular formula is C28H31NO4.